The lowest BCUT2D eigenvalue weighted by Gasteiger charge is -2.24. The van der Waals surface area contributed by atoms with E-state index in [-0.39, 0.29) is 24.1 Å². The van der Waals surface area contributed by atoms with E-state index in [0.717, 1.165) is 17.7 Å². The van der Waals surface area contributed by atoms with Crippen LogP contribution in [-0.4, -0.2) is 34.8 Å². The molecule has 0 spiro atoms. The third-order valence-corrected chi connectivity index (χ3v) is 3.64. The normalized spacial score (nSPS) is 24.1. The van der Waals surface area contributed by atoms with Gasteiger partial charge in [0.2, 0.25) is 6.10 Å². The molecule has 2 aliphatic rings. The third-order valence-electron chi connectivity index (χ3n) is 3.64. The van der Waals surface area contributed by atoms with Gasteiger partial charge in [-0.2, -0.15) is 0 Å². The number of hydrogen-bond donors (Lipinski definition) is 1. The smallest absolute Gasteiger partial charge is 0.353 e. The molecule has 1 N–H and O–H groups in total. The van der Waals surface area contributed by atoms with Crippen LogP contribution in [0.3, 0.4) is 0 Å². The highest BCUT2D eigenvalue weighted by molar-refractivity contribution is 6.36. The SMILES string of the molecule is CC1Cc2ccccc2N1C(=O)C1CC(C(=O)O)=NO1. The van der Waals surface area contributed by atoms with Gasteiger partial charge in [0.1, 0.15) is 0 Å². The molecule has 2 unspecified atom stereocenters. The third kappa shape index (κ3) is 1.93. The molecule has 0 bridgehead atoms. The zero-order valence-electron chi connectivity index (χ0n) is 10.9. The number of oxime groups is 1. The second kappa shape index (κ2) is 4.63. The summed E-state index contributed by atoms with van der Waals surface area (Å²) < 4.78 is 0. The number of nitrogens with zero attached hydrogens (tertiary/aromatic N) is 2. The lowest BCUT2D eigenvalue weighted by Crippen LogP contribution is -2.42. The molecule has 2 atom stereocenters. The molecule has 0 fully saturated rings. The highest BCUT2D eigenvalue weighted by Crippen LogP contribution is 2.33. The van der Waals surface area contributed by atoms with Crippen LogP contribution in [0, 0.1) is 0 Å². The molecule has 1 amide bonds. The molecule has 2 heterocycles. The second-order valence-electron chi connectivity index (χ2n) is 5.03. The predicted molar refractivity (Wildman–Crippen MR) is 71.7 cm³/mol. The van der Waals surface area contributed by atoms with Crippen molar-refractivity contribution >= 4 is 23.3 Å². The lowest BCUT2D eigenvalue weighted by molar-refractivity contribution is -0.129. The Hall–Kier alpha value is -2.37. The predicted octanol–water partition coefficient (Wildman–Crippen LogP) is 1.19. The number of hydrogen-bond acceptors (Lipinski definition) is 4. The van der Waals surface area contributed by atoms with Gasteiger partial charge in [-0.1, -0.05) is 23.4 Å². The minimum atomic E-state index is -1.14. The lowest BCUT2D eigenvalue weighted by atomic mass is 10.1. The molecule has 3 rings (SSSR count). The summed E-state index contributed by atoms with van der Waals surface area (Å²) in [7, 11) is 0. The maximum atomic E-state index is 12.5. The van der Waals surface area contributed by atoms with Gasteiger partial charge in [0.05, 0.1) is 0 Å². The Morgan fingerprint density at radius 1 is 1.35 bits per heavy atom. The van der Waals surface area contributed by atoms with Crippen molar-refractivity contribution in [1.82, 2.24) is 0 Å². The second-order valence-corrected chi connectivity index (χ2v) is 5.03. The van der Waals surface area contributed by atoms with Gasteiger partial charge in [-0.25, -0.2) is 4.79 Å². The maximum absolute atomic E-state index is 12.5. The van der Waals surface area contributed by atoms with E-state index in [9.17, 15) is 9.59 Å². The van der Waals surface area contributed by atoms with E-state index in [1.807, 2.05) is 31.2 Å². The quantitative estimate of drug-likeness (QED) is 0.878. The topological polar surface area (TPSA) is 79.2 Å². The van der Waals surface area contributed by atoms with Crippen LogP contribution >= 0.6 is 0 Å². The van der Waals surface area contributed by atoms with Crippen LogP contribution in [0.2, 0.25) is 0 Å². The molecule has 2 aliphatic heterocycles. The molecular weight excluding hydrogens is 260 g/mol. The zero-order chi connectivity index (χ0) is 14.3. The largest absolute Gasteiger partial charge is 0.477 e. The summed E-state index contributed by atoms with van der Waals surface area (Å²) in [6.07, 6.45) is -0.0319. The first kappa shape index (κ1) is 12.7. The van der Waals surface area contributed by atoms with Crippen molar-refractivity contribution in [2.24, 2.45) is 5.16 Å². The molecule has 6 nitrogen and oxygen atoms in total. The number of anilines is 1. The highest BCUT2D eigenvalue weighted by atomic mass is 16.6. The number of carboxylic acids is 1. The van der Waals surface area contributed by atoms with Crippen molar-refractivity contribution < 1.29 is 19.5 Å². The van der Waals surface area contributed by atoms with Crippen molar-refractivity contribution in [1.29, 1.82) is 0 Å². The Bertz CT molecular complexity index is 611. The number of carbonyl (C=O) groups is 2. The van der Waals surface area contributed by atoms with Gasteiger partial charge < -0.3 is 14.8 Å². The number of fused-ring (bicyclic) bond motifs is 1. The average Bonchev–Trinajstić information content (AvgIpc) is 3.01. The van der Waals surface area contributed by atoms with Gasteiger partial charge in [0.15, 0.2) is 5.71 Å². The fourth-order valence-electron chi connectivity index (χ4n) is 2.69. The summed E-state index contributed by atoms with van der Waals surface area (Å²) in [6, 6.07) is 7.75. The van der Waals surface area contributed by atoms with Crippen LogP contribution in [0.25, 0.3) is 0 Å². The van der Waals surface area contributed by atoms with E-state index < -0.39 is 12.1 Å². The number of para-hydroxylation sites is 1. The van der Waals surface area contributed by atoms with Crippen molar-refractivity contribution in [3.8, 4) is 0 Å². The first-order valence-corrected chi connectivity index (χ1v) is 6.45. The summed E-state index contributed by atoms with van der Waals surface area (Å²) >= 11 is 0. The van der Waals surface area contributed by atoms with E-state index in [1.54, 1.807) is 4.90 Å². The summed E-state index contributed by atoms with van der Waals surface area (Å²) in [5.74, 6) is -1.38. The Kier molecular flexibility index (Phi) is 2.93. The van der Waals surface area contributed by atoms with Crippen LogP contribution < -0.4 is 4.90 Å². The Balaban J connectivity index is 1.81. The Labute approximate surface area is 115 Å². The van der Waals surface area contributed by atoms with E-state index in [4.69, 9.17) is 9.94 Å². The molecule has 104 valence electrons. The summed E-state index contributed by atoms with van der Waals surface area (Å²) in [5.41, 5.74) is 1.88. The van der Waals surface area contributed by atoms with Crippen molar-refractivity contribution in [3.63, 3.8) is 0 Å². The van der Waals surface area contributed by atoms with Gasteiger partial charge >= 0.3 is 5.97 Å². The number of carboxylic acid groups (broad SMARTS) is 1. The van der Waals surface area contributed by atoms with E-state index in [1.165, 1.54) is 0 Å². The molecular formula is C14H14N2O4. The first-order valence-electron chi connectivity index (χ1n) is 6.45. The zero-order valence-corrected chi connectivity index (χ0v) is 10.9. The summed E-state index contributed by atoms with van der Waals surface area (Å²) in [4.78, 5) is 30.0. The first-order chi connectivity index (χ1) is 9.58. The molecule has 0 aromatic heterocycles. The number of rotatable bonds is 2. The minimum absolute atomic E-state index is 0.0134. The fraction of sp³-hybridized carbons (Fsp3) is 0.357. The van der Waals surface area contributed by atoms with Crippen molar-refractivity contribution in [2.75, 3.05) is 4.90 Å². The van der Waals surface area contributed by atoms with Crippen LogP contribution in [0.1, 0.15) is 18.9 Å². The van der Waals surface area contributed by atoms with Crippen LogP contribution in [0.5, 0.6) is 0 Å². The van der Waals surface area contributed by atoms with Gasteiger partial charge in [-0.05, 0) is 25.0 Å². The fourth-order valence-corrected chi connectivity index (χ4v) is 2.69. The van der Waals surface area contributed by atoms with E-state index >= 15 is 0 Å². The molecule has 1 aromatic carbocycles. The standard InChI is InChI=1S/C14H14N2O4/c1-8-6-9-4-2-3-5-11(9)16(8)13(17)12-7-10(14(18)19)15-20-12/h2-5,8,12H,6-7H2,1H3,(H,18,19). The number of benzene rings is 1. The number of aliphatic carboxylic acids is 1. The monoisotopic (exact) mass is 274 g/mol. The van der Waals surface area contributed by atoms with Gasteiger partial charge in [-0.15, -0.1) is 0 Å². The molecule has 0 saturated carbocycles. The van der Waals surface area contributed by atoms with E-state index in [0.29, 0.717) is 0 Å². The molecule has 20 heavy (non-hydrogen) atoms. The van der Waals surface area contributed by atoms with Gasteiger partial charge in [-0.3, -0.25) is 4.79 Å². The minimum Gasteiger partial charge on any atom is -0.477 e. The molecule has 0 saturated heterocycles. The highest BCUT2D eigenvalue weighted by Gasteiger charge is 2.39. The summed E-state index contributed by atoms with van der Waals surface area (Å²) in [5, 5.41) is 12.3. The van der Waals surface area contributed by atoms with Crippen molar-refractivity contribution in [2.45, 2.75) is 31.9 Å². The molecule has 0 aliphatic carbocycles. The van der Waals surface area contributed by atoms with Crippen LogP contribution in [-0.2, 0) is 20.8 Å². The Morgan fingerprint density at radius 2 is 2.10 bits per heavy atom. The van der Waals surface area contributed by atoms with Gasteiger partial charge in [0, 0.05) is 18.2 Å². The number of amides is 1. The number of carbonyl (C=O) groups excluding carboxylic acids is 1. The van der Waals surface area contributed by atoms with Crippen molar-refractivity contribution in [3.05, 3.63) is 29.8 Å². The summed E-state index contributed by atoms with van der Waals surface area (Å²) in [6.45, 7) is 1.96. The van der Waals surface area contributed by atoms with Gasteiger partial charge in [0.25, 0.3) is 5.91 Å². The maximum Gasteiger partial charge on any atom is 0.353 e. The van der Waals surface area contributed by atoms with Crippen LogP contribution in [0.15, 0.2) is 29.4 Å². The average molecular weight is 274 g/mol. The Morgan fingerprint density at radius 3 is 2.80 bits per heavy atom. The molecule has 1 aromatic rings. The van der Waals surface area contributed by atoms with Crippen LogP contribution in [0.4, 0.5) is 5.69 Å². The molecule has 6 heteroatoms. The van der Waals surface area contributed by atoms with E-state index in [2.05, 4.69) is 5.16 Å². The molecule has 0 radical (unpaired) electrons.